The van der Waals surface area contributed by atoms with Gasteiger partial charge in [-0.2, -0.15) is 4.98 Å². The molecule has 12 nitrogen and oxygen atoms in total. The van der Waals surface area contributed by atoms with Gasteiger partial charge in [-0.25, -0.2) is 13.4 Å². The number of piperazine rings is 1. The summed E-state index contributed by atoms with van der Waals surface area (Å²) in [5.74, 6) is 1.96. The number of rotatable bonds is 5. The molecule has 6 bridgehead atoms. The van der Waals surface area contributed by atoms with Crippen molar-refractivity contribution in [3.05, 3.63) is 47.1 Å². The summed E-state index contributed by atoms with van der Waals surface area (Å²) >= 11 is 6.57. The second-order valence-corrected chi connectivity index (χ2v) is 15.7. The van der Waals surface area contributed by atoms with E-state index in [2.05, 4.69) is 49.5 Å². The largest absolute Gasteiger partial charge is 0.494 e. The summed E-state index contributed by atoms with van der Waals surface area (Å²) in [5.41, 5.74) is 4.20. The number of ether oxygens (including phenoxy) is 2. The van der Waals surface area contributed by atoms with Crippen LogP contribution in [0.5, 0.6) is 11.5 Å². The number of nitrogens with zero attached hydrogens (tertiary/aromatic N) is 6. The van der Waals surface area contributed by atoms with E-state index in [0.717, 1.165) is 96.2 Å². The van der Waals surface area contributed by atoms with Crippen LogP contribution < -0.4 is 29.3 Å². The minimum absolute atomic E-state index is 0.285. The highest BCUT2D eigenvalue weighted by molar-refractivity contribution is 7.92. The number of benzene rings is 2. The van der Waals surface area contributed by atoms with Crippen molar-refractivity contribution in [3.8, 4) is 11.5 Å². The first-order valence-electron chi connectivity index (χ1n) is 17.2. The van der Waals surface area contributed by atoms with Crippen LogP contribution in [0.2, 0.25) is 5.02 Å². The smallest absolute Gasteiger partial charge is 0.232 e. The van der Waals surface area contributed by atoms with E-state index in [1.807, 2.05) is 6.07 Å². The first-order chi connectivity index (χ1) is 23.6. The summed E-state index contributed by atoms with van der Waals surface area (Å²) in [7, 11) is 1.84. The van der Waals surface area contributed by atoms with Gasteiger partial charge in [-0.1, -0.05) is 24.4 Å². The van der Waals surface area contributed by atoms with Crippen LogP contribution in [0.25, 0.3) is 0 Å². The topological polar surface area (TPSA) is 115 Å². The highest BCUT2D eigenvalue weighted by Gasteiger charge is 2.28. The molecular formula is C35H49ClN8O4S. The maximum Gasteiger partial charge on any atom is 0.232 e. The molecule has 5 heterocycles. The average molecular weight is 713 g/mol. The Hall–Kier alpha value is -3.52. The molecule has 266 valence electrons. The number of sulfonamides is 1. The normalized spacial score (nSPS) is 18.8. The van der Waals surface area contributed by atoms with Gasteiger partial charge < -0.3 is 29.9 Å². The zero-order chi connectivity index (χ0) is 34.5. The summed E-state index contributed by atoms with van der Waals surface area (Å²) < 4.78 is 38.4. The van der Waals surface area contributed by atoms with Crippen molar-refractivity contribution in [2.24, 2.45) is 0 Å². The van der Waals surface area contributed by atoms with Crippen molar-refractivity contribution in [2.45, 2.75) is 51.0 Å². The Bertz CT molecular complexity index is 1710. The molecule has 1 aromatic heterocycles. The fourth-order valence-electron chi connectivity index (χ4n) is 6.90. The third-order valence-corrected chi connectivity index (χ3v) is 11.4. The molecule has 14 heteroatoms. The first-order valence-corrected chi connectivity index (χ1v) is 19.5. The lowest BCUT2D eigenvalue weighted by atomic mass is 9.98. The van der Waals surface area contributed by atoms with E-state index in [-0.39, 0.29) is 5.02 Å². The van der Waals surface area contributed by atoms with Crippen LogP contribution in [0.3, 0.4) is 0 Å². The second kappa shape index (κ2) is 15.6. The lowest BCUT2D eigenvalue weighted by Gasteiger charge is -2.43. The van der Waals surface area contributed by atoms with E-state index < -0.39 is 10.0 Å². The lowest BCUT2D eigenvalue weighted by Crippen LogP contribution is -2.52. The standard InChI is InChI=1S/C35H49ClN8O4S/c1-41-16-18-43(19-17-41)26-12-14-44(15-13-26)31-23-33(47-3)30-21-25(31)9-7-5-6-8-20-48-27-10-11-29(32(22-27)42(2)49(4,45)46)38-34-28(36)24-37-35(39-30)40-34/h10-11,21-24,26H,5-9,12-20H2,1-4H3,(H2,37,38,39,40). The Morgan fingerprint density at radius 3 is 2.47 bits per heavy atom. The molecule has 49 heavy (non-hydrogen) atoms. The van der Waals surface area contributed by atoms with Crippen LogP contribution in [0.15, 0.2) is 36.5 Å². The predicted octanol–water partition coefficient (Wildman–Crippen LogP) is 5.73. The fourth-order valence-corrected chi connectivity index (χ4v) is 7.55. The number of anilines is 6. The molecule has 0 saturated carbocycles. The number of piperidine rings is 1. The fraction of sp³-hybridized carbons (Fsp3) is 0.543. The van der Waals surface area contributed by atoms with Crippen LogP contribution >= 0.6 is 11.6 Å². The Kier molecular flexibility index (Phi) is 11.2. The number of hydrogen-bond acceptors (Lipinski definition) is 11. The molecule has 2 fully saturated rings. The van der Waals surface area contributed by atoms with Gasteiger partial charge in [-0.3, -0.25) is 9.21 Å². The highest BCUT2D eigenvalue weighted by atomic mass is 35.5. The Labute approximate surface area is 295 Å². The predicted molar refractivity (Wildman–Crippen MR) is 198 cm³/mol. The van der Waals surface area contributed by atoms with E-state index in [4.69, 9.17) is 26.1 Å². The number of nitrogens with one attached hydrogen (secondary N) is 2. The van der Waals surface area contributed by atoms with Gasteiger partial charge in [0.1, 0.15) is 16.5 Å². The molecule has 0 atom stereocenters. The zero-order valence-corrected chi connectivity index (χ0v) is 30.6. The minimum atomic E-state index is -3.56. The molecule has 3 aromatic rings. The number of aromatic nitrogens is 2. The maximum atomic E-state index is 12.6. The number of aryl methyl sites for hydroxylation is 1. The molecule has 2 N–H and O–H groups in total. The number of methoxy groups -OCH3 is 1. The average Bonchev–Trinajstić information content (AvgIpc) is 3.09. The summed E-state index contributed by atoms with van der Waals surface area (Å²) in [6, 6.07) is 10.3. The molecule has 4 aliphatic rings. The van der Waals surface area contributed by atoms with Gasteiger partial charge in [-0.05, 0) is 62.9 Å². The van der Waals surface area contributed by atoms with Gasteiger partial charge in [0.05, 0.1) is 43.2 Å². The second-order valence-electron chi connectivity index (χ2n) is 13.3. The number of fused-ring (bicyclic) bond motifs is 8. The van der Waals surface area contributed by atoms with Crippen LogP contribution in [0.1, 0.15) is 44.1 Å². The Morgan fingerprint density at radius 2 is 1.73 bits per heavy atom. The summed E-state index contributed by atoms with van der Waals surface area (Å²) in [5, 5.41) is 6.90. The molecule has 7 rings (SSSR count). The van der Waals surface area contributed by atoms with Gasteiger partial charge in [0.25, 0.3) is 0 Å². The van der Waals surface area contributed by atoms with Crippen molar-refractivity contribution >= 4 is 56.1 Å². The Balaban J connectivity index is 1.29. The highest BCUT2D eigenvalue weighted by Crippen LogP contribution is 2.39. The third kappa shape index (κ3) is 8.62. The SMILES string of the molecule is COc1cc(N2CCC(N3CCN(C)CC3)CC2)c2cc1Nc1ncc(Cl)c(n1)Nc1ccc(cc1N(C)S(C)(=O)=O)OCCCCCC2. The molecular weight excluding hydrogens is 664 g/mol. The van der Waals surface area contributed by atoms with Crippen molar-refractivity contribution in [2.75, 3.05) is 93.2 Å². The minimum Gasteiger partial charge on any atom is -0.494 e. The molecule has 0 aliphatic carbocycles. The monoisotopic (exact) mass is 712 g/mol. The van der Waals surface area contributed by atoms with Crippen LogP contribution in [-0.4, -0.2) is 108 Å². The van der Waals surface area contributed by atoms with Gasteiger partial charge in [0.2, 0.25) is 16.0 Å². The van der Waals surface area contributed by atoms with E-state index in [1.165, 1.54) is 28.8 Å². The maximum absolute atomic E-state index is 12.6. The first kappa shape index (κ1) is 35.3. The third-order valence-electron chi connectivity index (χ3n) is 9.92. The van der Waals surface area contributed by atoms with Crippen LogP contribution in [-0.2, 0) is 16.4 Å². The van der Waals surface area contributed by atoms with E-state index in [1.54, 1.807) is 19.2 Å². The van der Waals surface area contributed by atoms with E-state index >= 15 is 0 Å². The van der Waals surface area contributed by atoms with E-state index in [0.29, 0.717) is 47.3 Å². The molecule has 0 amide bonds. The quantitative estimate of drug-likeness (QED) is 0.338. The summed E-state index contributed by atoms with van der Waals surface area (Å²) in [4.78, 5) is 16.8. The number of likely N-dealkylation sites (N-methyl/N-ethyl adjacent to an activating group) is 1. The molecule has 0 spiro atoms. The molecule has 4 aliphatic heterocycles. The van der Waals surface area contributed by atoms with Gasteiger partial charge in [-0.15, -0.1) is 0 Å². The van der Waals surface area contributed by atoms with Gasteiger partial charge in [0, 0.05) is 70.2 Å². The molecule has 0 unspecified atom stereocenters. The van der Waals surface area contributed by atoms with Crippen LogP contribution in [0.4, 0.5) is 34.5 Å². The summed E-state index contributed by atoms with van der Waals surface area (Å²) in [6.07, 6.45) is 9.96. The number of hydrogen-bond donors (Lipinski definition) is 2. The molecule has 0 radical (unpaired) electrons. The summed E-state index contributed by atoms with van der Waals surface area (Å²) in [6.45, 7) is 7.17. The van der Waals surface area contributed by atoms with E-state index in [9.17, 15) is 8.42 Å². The van der Waals surface area contributed by atoms with Crippen molar-refractivity contribution < 1.29 is 17.9 Å². The van der Waals surface area contributed by atoms with Gasteiger partial charge >= 0.3 is 0 Å². The molecule has 2 saturated heterocycles. The number of halogens is 1. The van der Waals surface area contributed by atoms with Crippen molar-refractivity contribution in [1.82, 2.24) is 19.8 Å². The van der Waals surface area contributed by atoms with Gasteiger partial charge in [0.15, 0.2) is 5.82 Å². The van der Waals surface area contributed by atoms with Crippen molar-refractivity contribution in [1.29, 1.82) is 0 Å². The van der Waals surface area contributed by atoms with Crippen molar-refractivity contribution in [3.63, 3.8) is 0 Å². The van der Waals surface area contributed by atoms with Crippen LogP contribution in [0, 0.1) is 0 Å². The zero-order valence-electron chi connectivity index (χ0n) is 29.0. The lowest BCUT2D eigenvalue weighted by molar-refractivity contribution is 0.0982. The molecule has 2 aromatic carbocycles. The Morgan fingerprint density at radius 1 is 0.980 bits per heavy atom.